The number of nitrogens with zero attached hydrogens (tertiary/aromatic N) is 1. The molecule has 3 amide bonds. The summed E-state index contributed by atoms with van der Waals surface area (Å²) < 4.78 is 0. The Morgan fingerprint density at radius 2 is 1.83 bits per heavy atom. The second-order valence-corrected chi connectivity index (χ2v) is 3.55. The number of hydrogen-bond acceptors (Lipinski definition) is 3. The summed E-state index contributed by atoms with van der Waals surface area (Å²) in [4.78, 5) is 34.9. The summed E-state index contributed by atoms with van der Waals surface area (Å²) in [5, 5.41) is 2.31. The lowest BCUT2D eigenvalue weighted by Gasteiger charge is -2.14. The van der Waals surface area contributed by atoms with Gasteiger partial charge in [0.1, 0.15) is 0 Å². The number of carbonyl (C=O) groups excluding carboxylic acids is 3. The maximum absolute atomic E-state index is 11.8. The van der Waals surface area contributed by atoms with Gasteiger partial charge in [-0.05, 0) is 11.6 Å². The Hall–Kier alpha value is -2.43. The molecule has 0 aliphatic heterocycles. The van der Waals surface area contributed by atoms with Crippen molar-refractivity contribution >= 4 is 24.3 Å². The molecule has 5 heteroatoms. The van der Waals surface area contributed by atoms with Crippen LogP contribution < -0.4 is 5.32 Å². The molecule has 18 heavy (non-hydrogen) atoms. The maximum Gasteiger partial charge on any atom is 0.323 e. The number of benzene rings is 1. The van der Waals surface area contributed by atoms with E-state index in [0.717, 1.165) is 10.5 Å². The predicted molar refractivity (Wildman–Crippen MR) is 67.7 cm³/mol. The average molecular weight is 246 g/mol. The van der Waals surface area contributed by atoms with E-state index >= 15 is 0 Å². The molecule has 0 aromatic heterocycles. The molecule has 0 atom stereocenters. The van der Waals surface area contributed by atoms with Crippen LogP contribution in [0, 0.1) is 0 Å². The van der Waals surface area contributed by atoms with Crippen molar-refractivity contribution in [3.8, 4) is 0 Å². The Morgan fingerprint density at radius 3 is 2.33 bits per heavy atom. The molecule has 1 rings (SSSR count). The number of nitrogens with one attached hydrogen (secondary N) is 1. The summed E-state index contributed by atoms with van der Waals surface area (Å²) in [6, 6.07) is 8.37. The third-order valence-electron chi connectivity index (χ3n) is 2.32. The Labute approximate surface area is 105 Å². The van der Waals surface area contributed by atoms with Crippen molar-refractivity contribution in [2.45, 2.75) is 0 Å². The number of amides is 3. The number of urea groups is 1. The third-order valence-corrected chi connectivity index (χ3v) is 2.32. The molecule has 0 aliphatic carbocycles. The quantitative estimate of drug-likeness (QED) is 0.375. The standard InChI is InChI=1S/C13H14N2O3/c1-14-13(18)15(2)12(17)11(9-16)8-10-6-4-3-5-7-10/h3-9H,1-2H3,(H,14,18). The van der Waals surface area contributed by atoms with E-state index in [2.05, 4.69) is 5.32 Å². The third kappa shape index (κ3) is 3.28. The largest absolute Gasteiger partial charge is 0.341 e. The van der Waals surface area contributed by atoms with Crippen LogP contribution in [-0.4, -0.2) is 37.2 Å². The van der Waals surface area contributed by atoms with Crippen molar-refractivity contribution in [1.29, 1.82) is 0 Å². The minimum Gasteiger partial charge on any atom is -0.341 e. The first kappa shape index (κ1) is 13.6. The lowest BCUT2D eigenvalue weighted by molar-refractivity contribution is -0.124. The Kier molecular flexibility index (Phi) is 4.80. The Balaban J connectivity index is 2.97. The molecule has 1 N–H and O–H groups in total. The number of rotatable bonds is 3. The number of imide groups is 1. The molecule has 94 valence electrons. The van der Waals surface area contributed by atoms with Crippen LogP contribution in [0.15, 0.2) is 35.9 Å². The van der Waals surface area contributed by atoms with Crippen molar-refractivity contribution in [3.05, 3.63) is 41.5 Å². The molecule has 0 heterocycles. The fraction of sp³-hybridized carbons (Fsp3) is 0.154. The topological polar surface area (TPSA) is 66.5 Å². The molecule has 1 aromatic rings. The highest BCUT2D eigenvalue weighted by molar-refractivity contribution is 6.18. The monoisotopic (exact) mass is 246 g/mol. The lowest BCUT2D eigenvalue weighted by Crippen LogP contribution is -2.40. The molecule has 0 fully saturated rings. The van der Waals surface area contributed by atoms with E-state index in [1.54, 1.807) is 24.3 Å². The van der Waals surface area contributed by atoms with Crippen LogP contribution in [0.4, 0.5) is 4.79 Å². The summed E-state index contributed by atoms with van der Waals surface area (Å²) in [5.74, 6) is -0.645. The first-order chi connectivity index (χ1) is 8.60. The van der Waals surface area contributed by atoms with Gasteiger partial charge in [-0.25, -0.2) is 4.79 Å². The molecule has 0 aliphatic rings. The number of likely N-dealkylation sites (N-methyl/N-ethyl adjacent to an activating group) is 1. The average Bonchev–Trinajstić information content (AvgIpc) is 2.43. The van der Waals surface area contributed by atoms with Gasteiger partial charge >= 0.3 is 6.03 Å². The first-order valence-corrected chi connectivity index (χ1v) is 5.32. The van der Waals surface area contributed by atoms with Gasteiger partial charge in [0.2, 0.25) is 0 Å². The number of aldehydes is 1. The molecule has 0 saturated heterocycles. The molecule has 0 bridgehead atoms. The van der Waals surface area contributed by atoms with Crippen LogP contribution in [0.25, 0.3) is 6.08 Å². The van der Waals surface area contributed by atoms with Crippen LogP contribution in [0.3, 0.4) is 0 Å². The normalized spacial score (nSPS) is 10.7. The van der Waals surface area contributed by atoms with Crippen LogP contribution in [-0.2, 0) is 9.59 Å². The molecule has 0 saturated carbocycles. The highest BCUT2D eigenvalue weighted by Crippen LogP contribution is 2.07. The van der Waals surface area contributed by atoms with E-state index < -0.39 is 11.9 Å². The van der Waals surface area contributed by atoms with Crippen LogP contribution >= 0.6 is 0 Å². The van der Waals surface area contributed by atoms with Gasteiger partial charge in [-0.1, -0.05) is 30.3 Å². The van der Waals surface area contributed by atoms with Crippen molar-refractivity contribution in [2.24, 2.45) is 0 Å². The van der Waals surface area contributed by atoms with Gasteiger partial charge in [0.15, 0.2) is 6.29 Å². The van der Waals surface area contributed by atoms with Gasteiger partial charge in [-0.15, -0.1) is 0 Å². The Morgan fingerprint density at radius 1 is 1.22 bits per heavy atom. The smallest absolute Gasteiger partial charge is 0.323 e. The summed E-state index contributed by atoms with van der Waals surface area (Å²) in [5.41, 5.74) is 0.644. The van der Waals surface area contributed by atoms with Crippen LogP contribution in [0.2, 0.25) is 0 Å². The highest BCUT2D eigenvalue weighted by atomic mass is 16.2. The second-order valence-electron chi connectivity index (χ2n) is 3.55. The molecule has 0 unspecified atom stereocenters. The van der Waals surface area contributed by atoms with Crippen molar-refractivity contribution < 1.29 is 14.4 Å². The van der Waals surface area contributed by atoms with E-state index in [9.17, 15) is 14.4 Å². The van der Waals surface area contributed by atoms with Crippen molar-refractivity contribution in [2.75, 3.05) is 14.1 Å². The fourth-order valence-electron chi connectivity index (χ4n) is 1.33. The van der Waals surface area contributed by atoms with Crippen LogP contribution in [0.1, 0.15) is 5.56 Å². The molecular weight excluding hydrogens is 232 g/mol. The van der Waals surface area contributed by atoms with E-state index in [1.807, 2.05) is 6.07 Å². The maximum atomic E-state index is 11.8. The zero-order chi connectivity index (χ0) is 13.5. The summed E-state index contributed by atoms with van der Waals surface area (Å²) in [6.45, 7) is 0. The molecule has 5 nitrogen and oxygen atoms in total. The molecule has 0 spiro atoms. The van der Waals surface area contributed by atoms with Crippen molar-refractivity contribution in [3.63, 3.8) is 0 Å². The highest BCUT2D eigenvalue weighted by Gasteiger charge is 2.19. The van der Waals surface area contributed by atoms with E-state index in [0.29, 0.717) is 6.29 Å². The van der Waals surface area contributed by atoms with Gasteiger partial charge in [-0.2, -0.15) is 0 Å². The minimum atomic E-state index is -0.645. The second kappa shape index (κ2) is 6.34. The number of hydrogen-bond donors (Lipinski definition) is 1. The van der Waals surface area contributed by atoms with E-state index in [4.69, 9.17) is 0 Å². The van der Waals surface area contributed by atoms with Gasteiger partial charge in [-0.3, -0.25) is 14.5 Å². The zero-order valence-corrected chi connectivity index (χ0v) is 10.2. The van der Waals surface area contributed by atoms with Crippen LogP contribution in [0.5, 0.6) is 0 Å². The molecular formula is C13H14N2O3. The predicted octanol–water partition coefficient (Wildman–Crippen LogP) is 1.07. The van der Waals surface area contributed by atoms with Gasteiger partial charge in [0.25, 0.3) is 5.91 Å². The van der Waals surface area contributed by atoms with E-state index in [-0.39, 0.29) is 5.57 Å². The van der Waals surface area contributed by atoms with Gasteiger partial charge in [0.05, 0.1) is 5.57 Å². The Bertz CT molecular complexity index is 480. The lowest BCUT2D eigenvalue weighted by atomic mass is 10.1. The fourth-order valence-corrected chi connectivity index (χ4v) is 1.33. The first-order valence-electron chi connectivity index (χ1n) is 5.32. The minimum absolute atomic E-state index is 0.0766. The molecule has 1 aromatic carbocycles. The summed E-state index contributed by atoms with van der Waals surface area (Å²) in [6.07, 6.45) is 1.88. The summed E-state index contributed by atoms with van der Waals surface area (Å²) in [7, 11) is 2.72. The SMILES string of the molecule is CNC(=O)N(C)C(=O)C(C=O)=Cc1ccccc1. The van der Waals surface area contributed by atoms with Gasteiger partial charge < -0.3 is 5.32 Å². The van der Waals surface area contributed by atoms with Crippen molar-refractivity contribution in [1.82, 2.24) is 10.2 Å². The van der Waals surface area contributed by atoms with Gasteiger partial charge in [0, 0.05) is 14.1 Å². The number of carbonyl (C=O) groups is 3. The summed E-state index contributed by atoms with van der Waals surface area (Å²) >= 11 is 0. The molecule has 0 radical (unpaired) electrons. The zero-order valence-electron chi connectivity index (χ0n) is 10.2. The van der Waals surface area contributed by atoms with E-state index in [1.165, 1.54) is 20.2 Å².